The average Bonchev–Trinajstić information content (AvgIpc) is 2.30. The van der Waals surface area contributed by atoms with E-state index in [9.17, 15) is 0 Å². The smallest absolute Gasteiger partial charge is 0.199 e. The number of allylic oxidation sites excluding steroid dienone is 1. The Bertz CT molecular complexity index is 384. The lowest BCUT2D eigenvalue weighted by Crippen LogP contribution is -2.24. The van der Waals surface area contributed by atoms with Crippen LogP contribution in [-0.2, 0) is 11.2 Å². The topological polar surface area (TPSA) is 18.5 Å². The largest absolute Gasteiger partial charge is 0.465 e. The van der Waals surface area contributed by atoms with E-state index in [0.717, 1.165) is 30.8 Å². The van der Waals surface area contributed by atoms with E-state index < -0.39 is 0 Å². The van der Waals surface area contributed by atoms with Crippen LogP contribution in [0.4, 0.5) is 0 Å². The van der Waals surface area contributed by atoms with Gasteiger partial charge in [-0.1, -0.05) is 30.3 Å². The SMILES string of the molecule is C=C(Cl)Cc1cccc(O[C@H]2CCCCO2)c1. The zero-order valence-electron chi connectivity index (χ0n) is 9.82. The third-order valence-corrected chi connectivity index (χ3v) is 2.83. The van der Waals surface area contributed by atoms with Crippen LogP contribution in [0.1, 0.15) is 24.8 Å². The molecule has 1 aromatic carbocycles. The highest BCUT2D eigenvalue weighted by molar-refractivity contribution is 6.29. The average molecular weight is 253 g/mol. The van der Waals surface area contributed by atoms with E-state index in [2.05, 4.69) is 6.58 Å². The minimum absolute atomic E-state index is 0.0989. The molecular weight excluding hydrogens is 236 g/mol. The molecule has 0 bridgehead atoms. The Morgan fingerprint density at radius 3 is 3.06 bits per heavy atom. The van der Waals surface area contributed by atoms with Crippen molar-refractivity contribution in [1.29, 1.82) is 0 Å². The molecule has 0 amide bonds. The highest BCUT2D eigenvalue weighted by Crippen LogP contribution is 2.21. The van der Waals surface area contributed by atoms with Gasteiger partial charge in [-0.05, 0) is 30.5 Å². The van der Waals surface area contributed by atoms with Crippen molar-refractivity contribution in [3.05, 3.63) is 41.4 Å². The van der Waals surface area contributed by atoms with Gasteiger partial charge in [0.15, 0.2) is 6.29 Å². The molecule has 2 nitrogen and oxygen atoms in total. The number of benzene rings is 1. The minimum Gasteiger partial charge on any atom is -0.465 e. The van der Waals surface area contributed by atoms with Gasteiger partial charge in [0.1, 0.15) is 5.75 Å². The summed E-state index contributed by atoms with van der Waals surface area (Å²) in [6, 6.07) is 7.92. The molecule has 3 heteroatoms. The van der Waals surface area contributed by atoms with Gasteiger partial charge >= 0.3 is 0 Å². The third-order valence-electron chi connectivity index (χ3n) is 2.70. The molecule has 0 unspecified atom stereocenters. The number of halogens is 1. The molecule has 1 aromatic rings. The second kappa shape index (κ2) is 6.08. The molecule has 1 saturated heterocycles. The fourth-order valence-corrected chi connectivity index (χ4v) is 2.06. The normalized spacial score (nSPS) is 19.9. The summed E-state index contributed by atoms with van der Waals surface area (Å²) >= 11 is 5.80. The summed E-state index contributed by atoms with van der Waals surface area (Å²) in [5.41, 5.74) is 1.11. The summed E-state index contributed by atoms with van der Waals surface area (Å²) in [7, 11) is 0. The van der Waals surface area contributed by atoms with E-state index in [-0.39, 0.29) is 6.29 Å². The fourth-order valence-electron chi connectivity index (χ4n) is 1.91. The van der Waals surface area contributed by atoms with Crippen molar-refractivity contribution < 1.29 is 9.47 Å². The van der Waals surface area contributed by atoms with Crippen molar-refractivity contribution >= 4 is 11.6 Å². The molecule has 0 aromatic heterocycles. The van der Waals surface area contributed by atoms with Crippen LogP contribution in [0.2, 0.25) is 0 Å². The van der Waals surface area contributed by atoms with Gasteiger partial charge in [0, 0.05) is 17.9 Å². The second-order valence-electron chi connectivity index (χ2n) is 4.26. The molecule has 1 aliphatic heterocycles. The van der Waals surface area contributed by atoms with E-state index in [1.165, 1.54) is 6.42 Å². The molecular formula is C14H17ClO2. The first kappa shape index (κ1) is 12.5. The summed E-state index contributed by atoms with van der Waals surface area (Å²) in [5, 5.41) is 0.635. The highest BCUT2D eigenvalue weighted by atomic mass is 35.5. The molecule has 0 spiro atoms. The Hall–Kier alpha value is -0.990. The van der Waals surface area contributed by atoms with Crippen LogP contribution in [-0.4, -0.2) is 12.9 Å². The maximum atomic E-state index is 5.80. The highest BCUT2D eigenvalue weighted by Gasteiger charge is 2.15. The van der Waals surface area contributed by atoms with Gasteiger partial charge in [0.2, 0.25) is 0 Å². The maximum Gasteiger partial charge on any atom is 0.199 e. The predicted molar refractivity (Wildman–Crippen MR) is 69.4 cm³/mol. The molecule has 0 aliphatic carbocycles. The molecule has 2 rings (SSSR count). The number of hydrogen-bond acceptors (Lipinski definition) is 2. The maximum absolute atomic E-state index is 5.80. The van der Waals surface area contributed by atoms with Crippen LogP contribution in [0.3, 0.4) is 0 Å². The lowest BCUT2D eigenvalue weighted by molar-refractivity contribution is -0.105. The van der Waals surface area contributed by atoms with Crippen molar-refractivity contribution in [3.8, 4) is 5.75 Å². The van der Waals surface area contributed by atoms with Gasteiger partial charge in [0.05, 0.1) is 6.61 Å². The monoisotopic (exact) mass is 252 g/mol. The Labute approximate surface area is 107 Å². The van der Waals surface area contributed by atoms with Crippen LogP contribution in [0.5, 0.6) is 5.75 Å². The molecule has 1 aliphatic rings. The van der Waals surface area contributed by atoms with Gasteiger partial charge in [-0.2, -0.15) is 0 Å². The summed E-state index contributed by atoms with van der Waals surface area (Å²) < 4.78 is 11.3. The molecule has 92 valence electrons. The van der Waals surface area contributed by atoms with E-state index >= 15 is 0 Å². The molecule has 0 N–H and O–H groups in total. The van der Waals surface area contributed by atoms with Gasteiger partial charge in [0.25, 0.3) is 0 Å². The molecule has 1 fully saturated rings. The van der Waals surface area contributed by atoms with E-state index in [1.807, 2.05) is 24.3 Å². The number of rotatable bonds is 4. The van der Waals surface area contributed by atoms with Gasteiger partial charge < -0.3 is 9.47 Å². The summed E-state index contributed by atoms with van der Waals surface area (Å²) in [6.07, 6.45) is 3.84. The third kappa shape index (κ3) is 4.06. The van der Waals surface area contributed by atoms with Crippen molar-refractivity contribution in [2.75, 3.05) is 6.61 Å². The van der Waals surface area contributed by atoms with E-state index in [0.29, 0.717) is 11.5 Å². The Balaban J connectivity index is 1.97. The minimum atomic E-state index is -0.0989. The standard InChI is InChI=1S/C14H17ClO2/c1-11(15)9-12-5-4-6-13(10-12)17-14-7-2-3-8-16-14/h4-6,10,14H,1-3,7-9H2/t14-/m0/s1. The zero-order valence-corrected chi connectivity index (χ0v) is 10.6. The molecule has 1 atom stereocenters. The zero-order chi connectivity index (χ0) is 12.1. The Morgan fingerprint density at radius 2 is 2.35 bits per heavy atom. The fraction of sp³-hybridized carbons (Fsp3) is 0.429. The van der Waals surface area contributed by atoms with Crippen LogP contribution in [0, 0.1) is 0 Å². The van der Waals surface area contributed by atoms with Crippen LogP contribution in [0.25, 0.3) is 0 Å². The Morgan fingerprint density at radius 1 is 1.47 bits per heavy atom. The summed E-state index contributed by atoms with van der Waals surface area (Å²) in [4.78, 5) is 0. The molecule has 1 heterocycles. The van der Waals surface area contributed by atoms with Gasteiger partial charge in [-0.25, -0.2) is 0 Å². The Kier molecular flexibility index (Phi) is 4.46. The first-order chi connectivity index (χ1) is 8.24. The van der Waals surface area contributed by atoms with Crippen LogP contribution >= 0.6 is 11.6 Å². The predicted octanol–water partition coefficient (Wildman–Crippen LogP) is 3.89. The number of hydrogen-bond donors (Lipinski definition) is 0. The molecule has 0 saturated carbocycles. The van der Waals surface area contributed by atoms with Crippen molar-refractivity contribution in [2.45, 2.75) is 32.0 Å². The van der Waals surface area contributed by atoms with E-state index in [1.54, 1.807) is 0 Å². The quantitative estimate of drug-likeness (QED) is 0.810. The lowest BCUT2D eigenvalue weighted by Gasteiger charge is -2.23. The first-order valence-electron chi connectivity index (χ1n) is 5.94. The first-order valence-corrected chi connectivity index (χ1v) is 6.32. The molecule has 17 heavy (non-hydrogen) atoms. The van der Waals surface area contributed by atoms with Crippen molar-refractivity contribution in [3.63, 3.8) is 0 Å². The van der Waals surface area contributed by atoms with Gasteiger partial charge in [-0.3, -0.25) is 0 Å². The van der Waals surface area contributed by atoms with Crippen molar-refractivity contribution in [2.24, 2.45) is 0 Å². The van der Waals surface area contributed by atoms with Gasteiger partial charge in [-0.15, -0.1) is 0 Å². The summed E-state index contributed by atoms with van der Waals surface area (Å²) in [6.45, 7) is 4.49. The second-order valence-corrected chi connectivity index (χ2v) is 4.79. The van der Waals surface area contributed by atoms with Crippen LogP contribution in [0.15, 0.2) is 35.9 Å². The van der Waals surface area contributed by atoms with Crippen molar-refractivity contribution in [1.82, 2.24) is 0 Å². The summed E-state index contributed by atoms with van der Waals surface area (Å²) in [5.74, 6) is 0.840. The van der Waals surface area contributed by atoms with Crippen LogP contribution < -0.4 is 4.74 Å². The number of ether oxygens (including phenoxy) is 2. The van der Waals surface area contributed by atoms with E-state index in [4.69, 9.17) is 21.1 Å². The lowest BCUT2D eigenvalue weighted by atomic mass is 10.1. The molecule has 0 radical (unpaired) electrons.